The summed E-state index contributed by atoms with van der Waals surface area (Å²) < 4.78 is 2.12. The van der Waals surface area contributed by atoms with Gasteiger partial charge in [0.05, 0.1) is 6.33 Å². The Kier molecular flexibility index (Phi) is 3.47. The number of anilines is 1. The molecule has 1 unspecified atom stereocenters. The van der Waals surface area contributed by atoms with Crippen LogP contribution in [0, 0.1) is 5.92 Å². The fourth-order valence-corrected chi connectivity index (χ4v) is 1.92. The third-order valence-electron chi connectivity index (χ3n) is 3.26. The number of hydrogen-bond acceptors (Lipinski definition) is 4. The summed E-state index contributed by atoms with van der Waals surface area (Å²) in [4.78, 5) is 13.2. The Bertz CT molecular complexity index is 565. The molecule has 5 nitrogen and oxygen atoms in total. The second kappa shape index (κ2) is 4.79. The van der Waals surface area contributed by atoms with E-state index in [1.165, 1.54) is 0 Å². The maximum atomic E-state index is 4.48. The predicted molar refractivity (Wildman–Crippen MR) is 78.2 cm³/mol. The topological polar surface area (TPSA) is 55.6 Å². The minimum atomic E-state index is -0.0469. The van der Waals surface area contributed by atoms with Crippen LogP contribution in [0.1, 0.15) is 47.6 Å². The number of nitrogens with zero attached hydrogens (tertiary/aromatic N) is 4. The lowest BCUT2D eigenvalue weighted by Crippen LogP contribution is -2.26. The average Bonchev–Trinajstić information content (AvgIpc) is 2.70. The molecule has 2 rings (SSSR count). The number of hydrogen-bond donors (Lipinski definition) is 1. The van der Waals surface area contributed by atoms with E-state index in [1.54, 1.807) is 6.33 Å². The smallest absolute Gasteiger partial charge is 0.165 e. The highest BCUT2D eigenvalue weighted by molar-refractivity contribution is 5.83. The molecule has 0 aliphatic carbocycles. The second-order valence-corrected chi connectivity index (χ2v) is 6.41. The van der Waals surface area contributed by atoms with Crippen LogP contribution in [0.5, 0.6) is 0 Å². The number of imidazole rings is 1. The van der Waals surface area contributed by atoms with E-state index in [1.807, 2.05) is 6.33 Å². The third kappa shape index (κ3) is 2.85. The molecule has 0 aliphatic heterocycles. The lowest BCUT2D eigenvalue weighted by Gasteiger charge is -2.21. The molecule has 0 amide bonds. The Labute approximate surface area is 114 Å². The monoisotopic (exact) mass is 261 g/mol. The molecule has 2 aromatic heterocycles. The minimum Gasteiger partial charge on any atom is -0.364 e. The SMILES string of the molecule is CC(C)C(C)n1cnc2c(NC(C)(C)C)ncnc21. The lowest BCUT2D eigenvalue weighted by atomic mass is 10.1. The normalized spacial score (nSPS) is 14.1. The molecule has 1 N–H and O–H groups in total. The summed E-state index contributed by atoms with van der Waals surface area (Å²) in [6.07, 6.45) is 3.46. The molecule has 2 aromatic rings. The van der Waals surface area contributed by atoms with Crippen LogP contribution >= 0.6 is 0 Å². The van der Waals surface area contributed by atoms with Crippen LogP contribution in [-0.2, 0) is 0 Å². The highest BCUT2D eigenvalue weighted by Crippen LogP contribution is 2.25. The van der Waals surface area contributed by atoms with Gasteiger partial charge in [0.2, 0.25) is 0 Å². The van der Waals surface area contributed by atoms with Crippen molar-refractivity contribution in [3.63, 3.8) is 0 Å². The van der Waals surface area contributed by atoms with Crippen LogP contribution in [0.15, 0.2) is 12.7 Å². The van der Waals surface area contributed by atoms with Crippen LogP contribution in [0.3, 0.4) is 0 Å². The first-order valence-electron chi connectivity index (χ1n) is 6.75. The fourth-order valence-electron chi connectivity index (χ4n) is 1.92. The van der Waals surface area contributed by atoms with Gasteiger partial charge in [-0.05, 0) is 33.6 Å². The quantitative estimate of drug-likeness (QED) is 0.921. The van der Waals surface area contributed by atoms with Gasteiger partial charge in [0.15, 0.2) is 11.5 Å². The van der Waals surface area contributed by atoms with E-state index in [0.29, 0.717) is 12.0 Å². The van der Waals surface area contributed by atoms with Gasteiger partial charge in [-0.3, -0.25) is 0 Å². The van der Waals surface area contributed by atoms with Crippen molar-refractivity contribution in [2.75, 3.05) is 5.32 Å². The molecule has 0 fully saturated rings. The summed E-state index contributed by atoms with van der Waals surface area (Å²) in [6, 6.07) is 0.363. The van der Waals surface area contributed by atoms with Gasteiger partial charge in [-0.15, -0.1) is 0 Å². The van der Waals surface area contributed by atoms with Crippen LogP contribution in [0.4, 0.5) is 5.82 Å². The van der Waals surface area contributed by atoms with Gasteiger partial charge in [0, 0.05) is 11.6 Å². The zero-order valence-corrected chi connectivity index (χ0v) is 12.6. The van der Waals surface area contributed by atoms with Gasteiger partial charge in [-0.25, -0.2) is 15.0 Å². The molecular formula is C14H23N5. The number of nitrogens with one attached hydrogen (secondary N) is 1. The van der Waals surface area contributed by atoms with Gasteiger partial charge in [-0.1, -0.05) is 13.8 Å². The van der Waals surface area contributed by atoms with Gasteiger partial charge < -0.3 is 9.88 Å². The van der Waals surface area contributed by atoms with Crippen LogP contribution in [0.25, 0.3) is 11.2 Å². The summed E-state index contributed by atoms with van der Waals surface area (Å²) in [6.45, 7) is 12.9. The zero-order valence-electron chi connectivity index (χ0n) is 12.6. The largest absolute Gasteiger partial charge is 0.364 e. The molecule has 19 heavy (non-hydrogen) atoms. The predicted octanol–water partition coefficient (Wildman–Crippen LogP) is 3.25. The Morgan fingerprint density at radius 1 is 1.11 bits per heavy atom. The molecule has 0 saturated carbocycles. The summed E-state index contributed by atoms with van der Waals surface area (Å²) in [7, 11) is 0. The van der Waals surface area contributed by atoms with Gasteiger partial charge in [0.25, 0.3) is 0 Å². The standard InChI is InChI=1S/C14H23N5/c1-9(2)10(3)19-8-17-11-12(18-14(4,5)6)15-7-16-13(11)19/h7-10H,1-6H3,(H,15,16,18). The summed E-state index contributed by atoms with van der Waals surface area (Å²) >= 11 is 0. The van der Waals surface area contributed by atoms with E-state index in [0.717, 1.165) is 17.0 Å². The van der Waals surface area contributed by atoms with Crippen LogP contribution in [-0.4, -0.2) is 25.1 Å². The van der Waals surface area contributed by atoms with Crippen molar-refractivity contribution in [2.24, 2.45) is 5.92 Å². The Balaban J connectivity index is 2.48. The number of rotatable bonds is 3. The maximum Gasteiger partial charge on any atom is 0.165 e. The first kappa shape index (κ1) is 13.8. The molecule has 0 aromatic carbocycles. The highest BCUT2D eigenvalue weighted by Gasteiger charge is 2.18. The molecule has 0 bridgehead atoms. The van der Waals surface area contributed by atoms with E-state index in [-0.39, 0.29) is 5.54 Å². The van der Waals surface area contributed by atoms with E-state index < -0.39 is 0 Å². The third-order valence-corrected chi connectivity index (χ3v) is 3.26. The van der Waals surface area contributed by atoms with E-state index in [4.69, 9.17) is 0 Å². The molecule has 104 valence electrons. The van der Waals surface area contributed by atoms with Crippen molar-refractivity contribution < 1.29 is 0 Å². The average molecular weight is 261 g/mol. The number of aromatic nitrogens is 4. The second-order valence-electron chi connectivity index (χ2n) is 6.41. The molecule has 0 aliphatic rings. The summed E-state index contributed by atoms with van der Waals surface area (Å²) in [5.74, 6) is 1.33. The van der Waals surface area contributed by atoms with Crippen molar-refractivity contribution >= 4 is 17.0 Å². The zero-order chi connectivity index (χ0) is 14.2. The van der Waals surface area contributed by atoms with Crippen molar-refractivity contribution in [1.29, 1.82) is 0 Å². The van der Waals surface area contributed by atoms with Crippen molar-refractivity contribution in [3.05, 3.63) is 12.7 Å². The maximum absolute atomic E-state index is 4.48. The van der Waals surface area contributed by atoms with E-state index in [2.05, 4.69) is 66.4 Å². The van der Waals surface area contributed by atoms with Crippen molar-refractivity contribution in [1.82, 2.24) is 19.5 Å². The number of fused-ring (bicyclic) bond motifs is 1. The van der Waals surface area contributed by atoms with Crippen LogP contribution in [0.2, 0.25) is 0 Å². The Morgan fingerprint density at radius 3 is 2.37 bits per heavy atom. The van der Waals surface area contributed by atoms with E-state index >= 15 is 0 Å². The molecule has 0 spiro atoms. The molecule has 2 heterocycles. The molecule has 0 saturated heterocycles. The van der Waals surface area contributed by atoms with E-state index in [9.17, 15) is 0 Å². The summed E-state index contributed by atoms with van der Waals surface area (Å²) in [5, 5.41) is 3.38. The minimum absolute atomic E-state index is 0.0469. The molecule has 0 radical (unpaired) electrons. The first-order valence-corrected chi connectivity index (χ1v) is 6.75. The van der Waals surface area contributed by atoms with Gasteiger partial charge >= 0.3 is 0 Å². The van der Waals surface area contributed by atoms with Crippen LogP contribution < -0.4 is 5.32 Å². The fraction of sp³-hybridized carbons (Fsp3) is 0.643. The van der Waals surface area contributed by atoms with Gasteiger partial charge in [0.1, 0.15) is 11.8 Å². The molecular weight excluding hydrogens is 238 g/mol. The lowest BCUT2D eigenvalue weighted by molar-refractivity contribution is 0.415. The van der Waals surface area contributed by atoms with Crippen molar-refractivity contribution in [2.45, 2.75) is 53.1 Å². The highest BCUT2D eigenvalue weighted by atomic mass is 15.2. The molecule has 5 heteroatoms. The molecule has 1 atom stereocenters. The van der Waals surface area contributed by atoms with Crippen molar-refractivity contribution in [3.8, 4) is 0 Å². The Morgan fingerprint density at radius 2 is 1.79 bits per heavy atom. The van der Waals surface area contributed by atoms with Gasteiger partial charge in [-0.2, -0.15) is 0 Å². The Hall–Kier alpha value is -1.65. The first-order chi connectivity index (χ1) is 8.79. The summed E-state index contributed by atoms with van der Waals surface area (Å²) in [5.41, 5.74) is 1.68.